The fourth-order valence-electron chi connectivity index (χ4n) is 1.75. The van der Waals surface area contributed by atoms with Crippen molar-refractivity contribution in [1.82, 2.24) is 9.55 Å². The number of nitrogens with zero attached hydrogens (tertiary/aromatic N) is 1. The maximum atomic E-state index is 14.4. The van der Waals surface area contributed by atoms with Crippen molar-refractivity contribution in [3.05, 3.63) is 33.1 Å². The largest absolute Gasteiger partial charge is 0.479 e. The van der Waals surface area contributed by atoms with Crippen LogP contribution >= 0.6 is 0 Å². The van der Waals surface area contributed by atoms with Crippen molar-refractivity contribution in [1.29, 1.82) is 0 Å². The normalized spacial score (nSPS) is 34.4. The van der Waals surface area contributed by atoms with Crippen molar-refractivity contribution in [3.8, 4) is 0 Å². The van der Waals surface area contributed by atoms with Gasteiger partial charge in [0.05, 0.1) is 0 Å². The summed E-state index contributed by atoms with van der Waals surface area (Å²) in [5.74, 6) is -4.99. The lowest BCUT2D eigenvalue weighted by molar-refractivity contribution is -0.238. The molecule has 19 heavy (non-hydrogen) atoms. The molecule has 0 radical (unpaired) electrons. The lowest BCUT2D eigenvalue weighted by Crippen LogP contribution is -2.48. The number of carboxylic acid groups (broad SMARTS) is 1. The van der Waals surface area contributed by atoms with Crippen LogP contribution < -0.4 is 11.2 Å². The number of aliphatic hydroxyl groups excluding tert-OH is 2. The number of halogens is 1. The van der Waals surface area contributed by atoms with Crippen LogP contribution in [-0.4, -0.2) is 49.2 Å². The number of aliphatic carboxylic acids is 1. The zero-order chi connectivity index (χ0) is 14.4. The van der Waals surface area contributed by atoms with Gasteiger partial charge in [-0.2, -0.15) is 4.39 Å². The Labute approximate surface area is 103 Å². The number of alkyl halides is 1. The number of aromatic nitrogens is 2. The molecule has 9 nitrogen and oxygen atoms in total. The van der Waals surface area contributed by atoms with E-state index in [-0.39, 0.29) is 4.57 Å². The van der Waals surface area contributed by atoms with E-state index < -0.39 is 41.5 Å². The van der Waals surface area contributed by atoms with Gasteiger partial charge in [0.15, 0.2) is 12.2 Å². The first-order valence-electron chi connectivity index (χ1n) is 5.05. The van der Waals surface area contributed by atoms with Gasteiger partial charge in [-0.1, -0.05) is 0 Å². The third kappa shape index (κ3) is 1.95. The standard InChI is InChI=1S/C9H9FN2O7/c10-9(12-2-1-3(13)11-8(12)18)6(15)4(14)5(19-9)7(16)17/h1-2,4-6,14-15H,(H,16,17)(H,11,13,18)/t4-,5+,6-,9+/m1/s1. The molecule has 0 aliphatic carbocycles. The first-order chi connectivity index (χ1) is 8.77. The minimum absolute atomic E-state index is 0.158. The molecule has 0 amide bonds. The van der Waals surface area contributed by atoms with Crippen molar-refractivity contribution < 1.29 is 29.2 Å². The molecule has 1 aliphatic rings. The molecule has 104 valence electrons. The van der Waals surface area contributed by atoms with E-state index in [9.17, 15) is 29.0 Å². The number of aliphatic hydroxyl groups is 2. The fourth-order valence-corrected chi connectivity index (χ4v) is 1.75. The van der Waals surface area contributed by atoms with Crippen LogP contribution in [0.5, 0.6) is 0 Å². The molecule has 0 bridgehead atoms. The highest BCUT2D eigenvalue weighted by Gasteiger charge is 2.59. The zero-order valence-electron chi connectivity index (χ0n) is 9.19. The highest BCUT2D eigenvalue weighted by atomic mass is 19.2. The second-order valence-electron chi connectivity index (χ2n) is 3.90. The Morgan fingerprint density at radius 3 is 2.58 bits per heavy atom. The van der Waals surface area contributed by atoms with Crippen LogP contribution in [0.3, 0.4) is 0 Å². The molecule has 0 saturated carbocycles. The monoisotopic (exact) mass is 276 g/mol. The molecule has 1 saturated heterocycles. The predicted molar refractivity (Wildman–Crippen MR) is 54.9 cm³/mol. The van der Waals surface area contributed by atoms with E-state index in [1.54, 1.807) is 4.98 Å². The van der Waals surface area contributed by atoms with Gasteiger partial charge < -0.3 is 20.1 Å². The van der Waals surface area contributed by atoms with Crippen LogP contribution in [0.2, 0.25) is 0 Å². The summed E-state index contributed by atoms with van der Waals surface area (Å²) in [6, 6.07) is 0.777. The van der Waals surface area contributed by atoms with E-state index in [1.165, 1.54) is 0 Å². The second-order valence-corrected chi connectivity index (χ2v) is 3.90. The second kappa shape index (κ2) is 4.26. The van der Waals surface area contributed by atoms with Gasteiger partial charge in [0.2, 0.25) is 0 Å². The average Bonchev–Trinajstić information content (AvgIpc) is 2.54. The number of aromatic amines is 1. The van der Waals surface area contributed by atoms with Gasteiger partial charge in [0.1, 0.15) is 6.10 Å². The van der Waals surface area contributed by atoms with Crippen molar-refractivity contribution in [2.24, 2.45) is 0 Å². The van der Waals surface area contributed by atoms with Crippen molar-refractivity contribution in [2.45, 2.75) is 24.3 Å². The summed E-state index contributed by atoms with van der Waals surface area (Å²) in [5, 5.41) is 27.6. The minimum atomic E-state index is -3.29. The molecule has 2 rings (SSSR count). The smallest absolute Gasteiger partial charge is 0.335 e. The summed E-state index contributed by atoms with van der Waals surface area (Å²) in [4.78, 5) is 34.7. The Bertz CT molecular complexity index is 625. The minimum Gasteiger partial charge on any atom is -0.479 e. The van der Waals surface area contributed by atoms with Crippen LogP contribution in [0.1, 0.15) is 0 Å². The lowest BCUT2D eigenvalue weighted by Gasteiger charge is -2.24. The molecule has 4 atom stereocenters. The van der Waals surface area contributed by atoms with Gasteiger partial charge in [0.25, 0.3) is 5.56 Å². The molecule has 10 heteroatoms. The first kappa shape index (κ1) is 13.4. The van der Waals surface area contributed by atoms with Crippen LogP contribution in [0.15, 0.2) is 21.9 Å². The van der Waals surface area contributed by atoms with E-state index in [0.717, 1.165) is 6.07 Å². The number of ether oxygens (including phenoxy) is 1. The molecule has 1 aromatic heterocycles. The molecular weight excluding hydrogens is 267 g/mol. The van der Waals surface area contributed by atoms with E-state index in [4.69, 9.17) is 5.11 Å². The van der Waals surface area contributed by atoms with Crippen LogP contribution in [0, 0.1) is 0 Å². The average molecular weight is 276 g/mol. The summed E-state index contributed by atoms with van der Waals surface area (Å²) in [7, 11) is 0. The summed E-state index contributed by atoms with van der Waals surface area (Å²) in [5.41, 5.74) is -2.07. The predicted octanol–water partition coefficient (Wildman–Crippen LogP) is -2.68. The number of hydrogen-bond donors (Lipinski definition) is 4. The Balaban J connectivity index is 2.51. The van der Waals surface area contributed by atoms with Gasteiger partial charge in [-0.3, -0.25) is 9.78 Å². The highest BCUT2D eigenvalue weighted by Crippen LogP contribution is 2.35. The number of carbonyl (C=O) groups is 1. The summed E-state index contributed by atoms with van der Waals surface area (Å²) in [6.07, 6.45) is -5.74. The SMILES string of the molecule is O=C(O)[C@H]1O[C@@](F)(n2ccc(=O)[nH]c2=O)[C@H](O)[C@@H]1O. The van der Waals surface area contributed by atoms with Crippen molar-refractivity contribution in [3.63, 3.8) is 0 Å². The van der Waals surface area contributed by atoms with Crippen LogP contribution in [-0.2, 0) is 15.5 Å². The number of nitrogens with one attached hydrogen (secondary N) is 1. The molecule has 0 unspecified atom stereocenters. The van der Waals surface area contributed by atoms with Gasteiger partial charge in [-0.15, -0.1) is 0 Å². The molecule has 1 aliphatic heterocycles. The third-order valence-corrected chi connectivity index (χ3v) is 2.69. The quantitative estimate of drug-likeness (QED) is 0.461. The van der Waals surface area contributed by atoms with Crippen LogP contribution in [0.4, 0.5) is 4.39 Å². The summed E-state index contributed by atoms with van der Waals surface area (Å²) < 4.78 is 19.0. The first-order valence-corrected chi connectivity index (χ1v) is 5.05. The molecule has 2 heterocycles. The summed E-state index contributed by atoms with van der Waals surface area (Å²) in [6.45, 7) is 0. The Kier molecular flexibility index (Phi) is 3.00. The maximum absolute atomic E-state index is 14.4. The molecule has 0 spiro atoms. The molecule has 4 N–H and O–H groups in total. The number of hydrogen-bond acceptors (Lipinski definition) is 6. The molecular formula is C9H9FN2O7. The van der Waals surface area contributed by atoms with Gasteiger partial charge in [-0.25, -0.2) is 14.2 Å². The maximum Gasteiger partial charge on any atom is 0.335 e. The zero-order valence-corrected chi connectivity index (χ0v) is 9.19. The molecule has 0 aromatic carbocycles. The van der Waals surface area contributed by atoms with E-state index in [0.29, 0.717) is 6.20 Å². The van der Waals surface area contributed by atoms with Crippen molar-refractivity contribution >= 4 is 5.97 Å². The van der Waals surface area contributed by atoms with E-state index in [1.807, 2.05) is 0 Å². The Morgan fingerprint density at radius 1 is 1.47 bits per heavy atom. The number of carboxylic acids is 1. The molecule has 1 fully saturated rings. The van der Waals surface area contributed by atoms with Gasteiger partial charge in [-0.05, 0) is 0 Å². The number of H-pyrrole nitrogens is 1. The van der Waals surface area contributed by atoms with Crippen LogP contribution in [0.25, 0.3) is 0 Å². The Hall–Kier alpha value is -2.04. The molecule has 1 aromatic rings. The highest BCUT2D eigenvalue weighted by molar-refractivity contribution is 5.73. The van der Waals surface area contributed by atoms with Gasteiger partial charge >= 0.3 is 17.6 Å². The fraction of sp³-hybridized carbons (Fsp3) is 0.444. The number of rotatable bonds is 2. The Morgan fingerprint density at radius 2 is 2.11 bits per heavy atom. The van der Waals surface area contributed by atoms with E-state index >= 15 is 0 Å². The van der Waals surface area contributed by atoms with E-state index in [2.05, 4.69) is 4.74 Å². The van der Waals surface area contributed by atoms with Gasteiger partial charge in [0, 0.05) is 12.3 Å². The van der Waals surface area contributed by atoms with Crippen molar-refractivity contribution in [2.75, 3.05) is 0 Å². The topological polar surface area (TPSA) is 142 Å². The summed E-state index contributed by atoms with van der Waals surface area (Å²) >= 11 is 0. The third-order valence-electron chi connectivity index (χ3n) is 2.69. The lowest BCUT2D eigenvalue weighted by atomic mass is 10.1.